The topological polar surface area (TPSA) is 76.7 Å². The Bertz CT molecular complexity index is 893. The molecule has 0 aliphatic carbocycles. The molecule has 0 fully saturated rings. The van der Waals surface area contributed by atoms with Crippen molar-refractivity contribution in [3.05, 3.63) is 58.1 Å². The molecule has 0 saturated carbocycles. The summed E-state index contributed by atoms with van der Waals surface area (Å²) in [6.45, 7) is 8.33. The molecule has 1 atom stereocenters. The van der Waals surface area contributed by atoms with E-state index in [-0.39, 0.29) is 6.04 Å². The van der Waals surface area contributed by atoms with E-state index in [9.17, 15) is 9.59 Å². The van der Waals surface area contributed by atoms with Crippen molar-refractivity contribution >= 4 is 11.8 Å². The highest BCUT2D eigenvalue weighted by atomic mass is 16.5. The molecule has 0 bridgehead atoms. The van der Waals surface area contributed by atoms with E-state index in [2.05, 4.69) is 29.7 Å². The molecule has 0 aromatic heterocycles. The van der Waals surface area contributed by atoms with Gasteiger partial charge in [-0.3, -0.25) is 9.59 Å². The van der Waals surface area contributed by atoms with Crippen LogP contribution in [0.5, 0.6) is 11.5 Å². The van der Waals surface area contributed by atoms with Crippen molar-refractivity contribution in [2.24, 2.45) is 0 Å². The van der Waals surface area contributed by atoms with Gasteiger partial charge in [-0.15, -0.1) is 0 Å². The summed E-state index contributed by atoms with van der Waals surface area (Å²) < 4.78 is 10.5. The Morgan fingerprint density at radius 1 is 0.897 bits per heavy atom. The van der Waals surface area contributed by atoms with Gasteiger partial charge < -0.3 is 20.1 Å². The molecule has 2 N–H and O–H groups in total. The van der Waals surface area contributed by atoms with Crippen LogP contribution in [0.1, 0.15) is 40.8 Å². The van der Waals surface area contributed by atoms with Crippen LogP contribution in [-0.2, 0) is 16.0 Å². The molecule has 2 aromatic rings. The first-order chi connectivity index (χ1) is 13.8. The van der Waals surface area contributed by atoms with E-state index in [1.807, 2.05) is 39.0 Å². The van der Waals surface area contributed by atoms with Crippen molar-refractivity contribution < 1.29 is 19.1 Å². The first kappa shape index (κ1) is 22.3. The van der Waals surface area contributed by atoms with Gasteiger partial charge in [-0.25, -0.2) is 0 Å². The molecule has 29 heavy (non-hydrogen) atoms. The third-order valence-electron chi connectivity index (χ3n) is 5.05. The molecular formula is C23H30N2O4. The number of aryl methyl sites for hydroxylation is 3. The standard InChI is InChI=1S/C23H30N2O4/c1-14-11-16(3)19(12-15(14)2)17(4)25-23(27)22(26)24-10-9-18-7-8-20(28-5)21(13-18)29-6/h7-8,11-13,17H,9-10H2,1-6H3,(H,24,26)(H,25,27). The summed E-state index contributed by atoms with van der Waals surface area (Å²) >= 11 is 0. The molecule has 1 unspecified atom stereocenters. The molecule has 2 aromatic carbocycles. The van der Waals surface area contributed by atoms with E-state index < -0.39 is 11.8 Å². The van der Waals surface area contributed by atoms with Gasteiger partial charge in [0.2, 0.25) is 0 Å². The largest absolute Gasteiger partial charge is 0.493 e. The van der Waals surface area contributed by atoms with E-state index in [4.69, 9.17) is 9.47 Å². The number of hydrogen-bond donors (Lipinski definition) is 2. The number of benzene rings is 2. The van der Waals surface area contributed by atoms with Crippen molar-refractivity contribution in [1.82, 2.24) is 10.6 Å². The molecule has 0 heterocycles. The highest BCUT2D eigenvalue weighted by molar-refractivity contribution is 6.35. The molecule has 0 aliphatic heterocycles. The molecule has 2 amide bonds. The van der Waals surface area contributed by atoms with Crippen LogP contribution in [0, 0.1) is 20.8 Å². The Morgan fingerprint density at radius 3 is 2.21 bits per heavy atom. The maximum absolute atomic E-state index is 12.3. The zero-order valence-corrected chi connectivity index (χ0v) is 18.0. The van der Waals surface area contributed by atoms with Crippen LogP contribution in [0.4, 0.5) is 0 Å². The smallest absolute Gasteiger partial charge is 0.309 e. The van der Waals surface area contributed by atoms with E-state index in [0.29, 0.717) is 24.5 Å². The number of rotatable bonds is 7. The van der Waals surface area contributed by atoms with Gasteiger partial charge in [-0.05, 0) is 74.1 Å². The summed E-state index contributed by atoms with van der Waals surface area (Å²) in [7, 11) is 3.16. The normalized spacial score (nSPS) is 11.5. The van der Waals surface area contributed by atoms with E-state index in [1.165, 1.54) is 5.56 Å². The number of hydrogen-bond acceptors (Lipinski definition) is 4. The summed E-state index contributed by atoms with van der Waals surface area (Å²) in [4.78, 5) is 24.4. The predicted octanol–water partition coefficient (Wildman–Crippen LogP) is 3.17. The Morgan fingerprint density at radius 2 is 1.55 bits per heavy atom. The molecule has 0 spiro atoms. The monoisotopic (exact) mass is 398 g/mol. The molecule has 156 valence electrons. The first-order valence-corrected chi connectivity index (χ1v) is 9.64. The molecule has 2 rings (SSSR count). The molecule has 6 nitrogen and oxygen atoms in total. The van der Waals surface area contributed by atoms with E-state index in [1.54, 1.807) is 14.2 Å². The van der Waals surface area contributed by atoms with Crippen molar-refractivity contribution in [1.29, 1.82) is 0 Å². The Hall–Kier alpha value is -3.02. The maximum Gasteiger partial charge on any atom is 0.309 e. The highest BCUT2D eigenvalue weighted by Crippen LogP contribution is 2.27. The summed E-state index contributed by atoms with van der Waals surface area (Å²) in [6, 6.07) is 9.48. The summed E-state index contributed by atoms with van der Waals surface area (Å²) in [5.41, 5.74) is 5.44. The van der Waals surface area contributed by atoms with Crippen molar-refractivity contribution in [3.8, 4) is 11.5 Å². The predicted molar refractivity (Wildman–Crippen MR) is 113 cm³/mol. The average molecular weight is 399 g/mol. The van der Waals surface area contributed by atoms with Crippen LogP contribution in [0.15, 0.2) is 30.3 Å². The average Bonchev–Trinajstić information content (AvgIpc) is 2.70. The van der Waals surface area contributed by atoms with Gasteiger partial charge in [0, 0.05) is 6.54 Å². The second-order valence-electron chi connectivity index (χ2n) is 7.18. The summed E-state index contributed by atoms with van der Waals surface area (Å²) in [6.07, 6.45) is 0.575. The molecular weight excluding hydrogens is 368 g/mol. The SMILES string of the molecule is COc1ccc(CCNC(=O)C(=O)NC(C)c2cc(C)c(C)cc2C)cc1OC. The minimum Gasteiger partial charge on any atom is -0.493 e. The highest BCUT2D eigenvalue weighted by Gasteiger charge is 2.18. The van der Waals surface area contributed by atoms with E-state index >= 15 is 0 Å². The van der Waals surface area contributed by atoms with Crippen LogP contribution < -0.4 is 20.1 Å². The lowest BCUT2D eigenvalue weighted by Gasteiger charge is -2.18. The lowest BCUT2D eigenvalue weighted by atomic mass is 9.96. The van der Waals surface area contributed by atoms with Gasteiger partial charge in [-0.2, -0.15) is 0 Å². The number of ether oxygens (including phenoxy) is 2. The van der Waals surface area contributed by atoms with Gasteiger partial charge in [0.05, 0.1) is 20.3 Å². The van der Waals surface area contributed by atoms with Gasteiger partial charge in [0.25, 0.3) is 0 Å². The second-order valence-corrected chi connectivity index (χ2v) is 7.18. The number of methoxy groups -OCH3 is 2. The third-order valence-corrected chi connectivity index (χ3v) is 5.05. The fourth-order valence-electron chi connectivity index (χ4n) is 3.23. The minimum absolute atomic E-state index is 0.251. The van der Waals surface area contributed by atoms with Crippen molar-refractivity contribution in [2.45, 2.75) is 40.2 Å². The first-order valence-electron chi connectivity index (χ1n) is 9.64. The number of carbonyl (C=O) groups is 2. The summed E-state index contributed by atoms with van der Waals surface area (Å²) in [5.74, 6) is 0.00296. The molecule has 6 heteroatoms. The van der Waals surface area contributed by atoms with Crippen molar-refractivity contribution in [3.63, 3.8) is 0 Å². The van der Waals surface area contributed by atoms with Crippen LogP contribution in [-0.4, -0.2) is 32.6 Å². The summed E-state index contributed by atoms with van der Waals surface area (Å²) in [5, 5.41) is 5.44. The fourth-order valence-corrected chi connectivity index (χ4v) is 3.23. The Kier molecular flexibility index (Phi) is 7.65. The third kappa shape index (κ3) is 5.73. The quantitative estimate of drug-likeness (QED) is 0.703. The molecule has 0 aliphatic rings. The van der Waals surface area contributed by atoms with E-state index in [0.717, 1.165) is 22.3 Å². The van der Waals surface area contributed by atoms with Gasteiger partial charge in [0.1, 0.15) is 0 Å². The minimum atomic E-state index is -0.640. The van der Waals surface area contributed by atoms with Gasteiger partial charge in [-0.1, -0.05) is 18.2 Å². The van der Waals surface area contributed by atoms with Crippen LogP contribution in [0.2, 0.25) is 0 Å². The van der Waals surface area contributed by atoms with Crippen molar-refractivity contribution in [2.75, 3.05) is 20.8 Å². The van der Waals surface area contributed by atoms with Gasteiger partial charge in [0.15, 0.2) is 11.5 Å². The number of carbonyl (C=O) groups excluding carboxylic acids is 2. The van der Waals surface area contributed by atoms with Crippen LogP contribution in [0.3, 0.4) is 0 Å². The number of nitrogens with one attached hydrogen (secondary N) is 2. The molecule has 0 radical (unpaired) electrons. The molecule has 0 saturated heterocycles. The van der Waals surface area contributed by atoms with Crippen LogP contribution >= 0.6 is 0 Å². The van der Waals surface area contributed by atoms with Gasteiger partial charge >= 0.3 is 11.8 Å². The fraction of sp³-hybridized carbons (Fsp3) is 0.391. The lowest BCUT2D eigenvalue weighted by Crippen LogP contribution is -2.41. The maximum atomic E-state index is 12.3. The Labute approximate surface area is 172 Å². The zero-order chi connectivity index (χ0) is 21.6. The number of amides is 2. The Balaban J connectivity index is 1.89. The zero-order valence-electron chi connectivity index (χ0n) is 18.0. The lowest BCUT2D eigenvalue weighted by molar-refractivity contribution is -0.139. The second kappa shape index (κ2) is 9.96. The van der Waals surface area contributed by atoms with Crippen LogP contribution in [0.25, 0.3) is 0 Å².